The summed E-state index contributed by atoms with van der Waals surface area (Å²) in [5.41, 5.74) is 0. The largest absolute Gasteiger partial charge is 0.393 e. The molecule has 0 spiro atoms. The maximum atomic E-state index is 10.9. The van der Waals surface area contributed by atoms with Crippen LogP contribution in [0.25, 0.3) is 0 Å². The zero-order valence-corrected chi connectivity index (χ0v) is 8.08. The van der Waals surface area contributed by atoms with Gasteiger partial charge in [-0.3, -0.25) is 4.79 Å². The fraction of sp³-hybridized carbons (Fsp3) is 0.700. The normalized spacial score (nSPS) is 16.3. The Hall–Kier alpha value is -0.630. The summed E-state index contributed by atoms with van der Waals surface area (Å²) in [7, 11) is 0. The van der Waals surface area contributed by atoms with Crippen LogP contribution in [0.5, 0.6) is 0 Å². The van der Waals surface area contributed by atoms with Crippen molar-refractivity contribution in [2.24, 2.45) is 5.92 Å². The molecule has 1 N–H and O–H groups in total. The molecule has 0 amide bonds. The SMILES string of the molecule is CCC(=O)C=CC(CC)C(C)O. The van der Waals surface area contributed by atoms with E-state index in [0.717, 1.165) is 6.42 Å². The summed E-state index contributed by atoms with van der Waals surface area (Å²) in [5.74, 6) is 0.231. The van der Waals surface area contributed by atoms with Crippen LogP contribution in [0.4, 0.5) is 0 Å². The first-order valence-corrected chi connectivity index (χ1v) is 4.50. The van der Waals surface area contributed by atoms with Crippen molar-refractivity contribution in [1.29, 1.82) is 0 Å². The first-order valence-electron chi connectivity index (χ1n) is 4.50. The number of allylic oxidation sites excluding steroid dienone is 1. The monoisotopic (exact) mass is 170 g/mol. The van der Waals surface area contributed by atoms with E-state index in [1.165, 1.54) is 0 Å². The number of carbonyl (C=O) groups is 1. The molecule has 12 heavy (non-hydrogen) atoms. The Labute approximate surface area is 74.3 Å². The smallest absolute Gasteiger partial charge is 0.155 e. The highest BCUT2D eigenvalue weighted by atomic mass is 16.3. The number of carbonyl (C=O) groups excluding carboxylic acids is 1. The van der Waals surface area contributed by atoms with Gasteiger partial charge in [-0.05, 0) is 19.4 Å². The van der Waals surface area contributed by atoms with Crippen molar-refractivity contribution in [1.82, 2.24) is 0 Å². The Balaban J connectivity index is 4.01. The lowest BCUT2D eigenvalue weighted by Gasteiger charge is -2.12. The molecule has 0 radical (unpaired) electrons. The molecule has 2 heteroatoms. The minimum absolute atomic E-state index is 0.112. The summed E-state index contributed by atoms with van der Waals surface area (Å²) in [5, 5.41) is 9.24. The highest BCUT2D eigenvalue weighted by molar-refractivity contribution is 5.89. The van der Waals surface area contributed by atoms with Gasteiger partial charge in [0.25, 0.3) is 0 Å². The van der Waals surface area contributed by atoms with Crippen LogP contribution in [0.15, 0.2) is 12.2 Å². The van der Waals surface area contributed by atoms with Crippen molar-refractivity contribution >= 4 is 5.78 Å². The second kappa shape index (κ2) is 5.95. The van der Waals surface area contributed by atoms with Crippen LogP contribution >= 0.6 is 0 Å². The van der Waals surface area contributed by atoms with Crippen LogP contribution in [0.1, 0.15) is 33.6 Å². The minimum atomic E-state index is -0.365. The minimum Gasteiger partial charge on any atom is -0.393 e. The zero-order valence-electron chi connectivity index (χ0n) is 8.08. The van der Waals surface area contributed by atoms with E-state index in [0.29, 0.717) is 6.42 Å². The molecule has 0 aliphatic rings. The molecule has 0 fully saturated rings. The Bertz CT molecular complexity index is 159. The van der Waals surface area contributed by atoms with E-state index in [-0.39, 0.29) is 17.8 Å². The van der Waals surface area contributed by atoms with Crippen molar-refractivity contribution in [3.05, 3.63) is 12.2 Å². The molecule has 0 saturated carbocycles. The Morgan fingerprint density at radius 3 is 2.42 bits per heavy atom. The predicted octanol–water partition coefficient (Wildman–Crippen LogP) is 1.93. The number of aliphatic hydroxyl groups is 1. The summed E-state index contributed by atoms with van der Waals surface area (Å²) in [4.78, 5) is 10.9. The van der Waals surface area contributed by atoms with Crippen LogP contribution in [0, 0.1) is 5.92 Å². The van der Waals surface area contributed by atoms with Gasteiger partial charge in [0.1, 0.15) is 0 Å². The van der Waals surface area contributed by atoms with Crippen LogP contribution in [-0.2, 0) is 4.79 Å². The summed E-state index contributed by atoms with van der Waals surface area (Å²) in [6.07, 6.45) is 4.41. The lowest BCUT2D eigenvalue weighted by molar-refractivity contribution is -0.114. The summed E-state index contributed by atoms with van der Waals surface area (Å²) >= 11 is 0. The average molecular weight is 170 g/mol. The average Bonchev–Trinajstić information content (AvgIpc) is 2.04. The van der Waals surface area contributed by atoms with Gasteiger partial charge in [-0.15, -0.1) is 0 Å². The van der Waals surface area contributed by atoms with Crippen molar-refractivity contribution in [2.45, 2.75) is 39.7 Å². The third-order valence-corrected chi connectivity index (χ3v) is 1.97. The van der Waals surface area contributed by atoms with Crippen molar-refractivity contribution < 1.29 is 9.90 Å². The summed E-state index contributed by atoms with van der Waals surface area (Å²) in [6.45, 7) is 5.57. The topological polar surface area (TPSA) is 37.3 Å². The van der Waals surface area contributed by atoms with Gasteiger partial charge < -0.3 is 5.11 Å². The molecule has 0 aliphatic heterocycles. The molecule has 0 aromatic rings. The maximum Gasteiger partial charge on any atom is 0.155 e. The van der Waals surface area contributed by atoms with Gasteiger partial charge in [0.05, 0.1) is 6.10 Å². The van der Waals surface area contributed by atoms with E-state index >= 15 is 0 Å². The molecule has 0 bridgehead atoms. The molecule has 0 heterocycles. The molecule has 0 aromatic carbocycles. The highest BCUT2D eigenvalue weighted by Gasteiger charge is 2.08. The summed E-state index contributed by atoms with van der Waals surface area (Å²) in [6, 6.07) is 0. The number of rotatable bonds is 5. The quantitative estimate of drug-likeness (QED) is 0.640. The van der Waals surface area contributed by atoms with Crippen LogP contribution in [-0.4, -0.2) is 17.0 Å². The molecule has 0 rings (SSSR count). The summed E-state index contributed by atoms with van der Waals surface area (Å²) < 4.78 is 0. The third-order valence-electron chi connectivity index (χ3n) is 1.97. The van der Waals surface area contributed by atoms with Gasteiger partial charge in [-0.1, -0.05) is 19.9 Å². The number of hydrogen-bond donors (Lipinski definition) is 1. The Morgan fingerprint density at radius 1 is 1.50 bits per heavy atom. The lowest BCUT2D eigenvalue weighted by atomic mass is 10.00. The second-order valence-electron chi connectivity index (χ2n) is 2.99. The van der Waals surface area contributed by atoms with Gasteiger partial charge in [0, 0.05) is 12.3 Å². The maximum absolute atomic E-state index is 10.9. The van der Waals surface area contributed by atoms with E-state index in [1.807, 2.05) is 13.8 Å². The first-order chi connectivity index (χ1) is 5.61. The Kier molecular flexibility index (Phi) is 5.64. The predicted molar refractivity (Wildman–Crippen MR) is 49.9 cm³/mol. The molecule has 0 saturated heterocycles. The van der Waals surface area contributed by atoms with Crippen molar-refractivity contribution in [3.63, 3.8) is 0 Å². The number of aliphatic hydroxyl groups excluding tert-OH is 1. The molecule has 2 nitrogen and oxygen atoms in total. The van der Waals surface area contributed by atoms with E-state index in [9.17, 15) is 9.90 Å². The standard InChI is InChI=1S/C10H18O2/c1-4-9(8(3)11)6-7-10(12)5-2/h6-9,11H,4-5H2,1-3H3. The van der Waals surface area contributed by atoms with Crippen LogP contribution < -0.4 is 0 Å². The van der Waals surface area contributed by atoms with Gasteiger partial charge in [-0.2, -0.15) is 0 Å². The van der Waals surface area contributed by atoms with Crippen molar-refractivity contribution in [3.8, 4) is 0 Å². The Morgan fingerprint density at radius 2 is 2.08 bits per heavy atom. The van der Waals surface area contributed by atoms with E-state index in [1.54, 1.807) is 19.1 Å². The number of hydrogen-bond acceptors (Lipinski definition) is 2. The van der Waals surface area contributed by atoms with E-state index in [2.05, 4.69) is 0 Å². The van der Waals surface area contributed by atoms with Crippen LogP contribution in [0.3, 0.4) is 0 Å². The fourth-order valence-electron chi connectivity index (χ4n) is 0.987. The molecule has 2 unspecified atom stereocenters. The molecule has 2 atom stereocenters. The molecular formula is C10H18O2. The van der Waals surface area contributed by atoms with Crippen molar-refractivity contribution in [2.75, 3.05) is 0 Å². The van der Waals surface area contributed by atoms with Crippen LogP contribution in [0.2, 0.25) is 0 Å². The zero-order chi connectivity index (χ0) is 9.56. The molecule has 0 aliphatic carbocycles. The molecular weight excluding hydrogens is 152 g/mol. The lowest BCUT2D eigenvalue weighted by Crippen LogP contribution is -2.13. The second-order valence-corrected chi connectivity index (χ2v) is 2.99. The highest BCUT2D eigenvalue weighted by Crippen LogP contribution is 2.09. The van der Waals surface area contributed by atoms with Gasteiger partial charge in [-0.25, -0.2) is 0 Å². The fourth-order valence-corrected chi connectivity index (χ4v) is 0.987. The van der Waals surface area contributed by atoms with Gasteiger partial charge >= 0.3 is 0 Å². The van der Waals surface area contributed by atoms with Gasteiger partial charge in [0.15, 0.2) is 5.78 Å². The van der Waals surface area contributed by atoms with E-state index < -0.39 is 0 Å². The molecule has 70 valence electrons. The number of ketones is 1. The first kappa shape index (κ1) is 11.4. The third kappa shape index (κ3) is 4.29. The van der Waals surface area contributed by atoms with E-state index in [4.69, 9.17) is 0 Å². The van der Waals surface area contributed by atoms with Gasteiger partial charge in [0.2, 0.25) is 0 Å². The molecule has 0 aromatic heterocycles.